The van der Waals surface area contributed by atoms with Gasteiger partial charge in [0.05, 0.1) is 5.71 Å². The Morgan fingerprint density at radius 1 is 1.18 bits per heavy atom. The highest BCUT2D eigenvalue weighted by molar-refractivity contribution is 9.10. The number of rotatable bonds is 8. The number of aromatic nitrogens is 1. The first-order valence-corrected chi connectivity index (χ1v) is 12.7. The molecule has 1 aromatic carbocycles. The molecule has 3 heterocycles. The van der Waals surface area contributed by atoms with E-state index in [2.05, 4.69) is 31.3 Å². The molecule has 2 N–H and O–H groups in total. The lowest BCUT2D eigenvalue weighted by atomic mass is 9.74. The van der Waals surface area contributed by atoms with E-state index in [4.69, 9.17) is 0 Å². The molecule has 1 aromatic heterocycles. The summed E-state index contributed by atoms with van der Waals surface area (Å²) in [4.78, 5) is 44.0. The van der Waals surface area contributed by atoms with Gasteiger partial charge in [0, 0.05) is 42.3 Å². The van der Waals surface area contributed by atoms with Crippen LogP contribution in [0.1, 0.15) is 24.1 Å². The fourth-order valence-electron chi connectivity index (χ4n) is 4.85. The lowest BCUT2D eigenvalue weighted by molar-refractivity contribution is -0.164. The second kappa shape index (κ2) is 11.1. The Morgan fingerprint density at radius 2 is 1.92 bits per heavy atom. The summed E-state index contributed by atoms with van der Waals surface area (Å²) in [6, 6.07) is 11.3. The molecule has 3 amide bonds. The number of pyridine rings is 1. The quantitative estimate of drug-likeness (QED) is 0.483. The van der Waals surface area contributed by atoms with Crippen LogP contribution in [-0.4, -0.2) is 75.5 Å². The molecule has 38 heavy (non-hydrogen) atoms. The minimum Gasteiger partial charge on any atom is -0.465 e. The number of aryl methyl sites for hydroxylation is 1. The average molecular weight is 596 g/mol. The highest BCUT2D eigenvalue weighted by atomic mass is 79.9. The summed E-state index contributed by atoms with van der Waals surface area (Å²) in [6.45, 7) is -1.68. The molecule has 1 unspecified atom stereocenters. The van der Waals surface area contributed by atoms with Gasteiger partial charge in [-0.05, 0) is 42.7 Å². The largest absolute Gasteiger partial charge is 0.465 e. The van der Waals surface area contributed by atoms with Gasteiger partial charge in [0.25, 0.3) is 5.91 Å². The van der Waals surface area contributed by atoms with Crippen LogP contribution in [-0.2, 0) is 22.4 Å². The number of piperidine rings is 1. The molecule has 4 rings (SSSR count). The smallest absolute Gasteiger partial charge is 0.408 e. The minimum absolute atomic E-state index is 0.0421. The van der Waals surface area contributed by atoms with Crippen LogP contribution in [0.3, 0.4) is 0 Å². The van der Waals surface area contributed by atoms with Gasteiger partial charge >= 0.3 is 12.3 Å². The van der Waals surface area contributed by atoms with Crippen molar-refractivity contribution in [2.24, 2.45) is 10.5 Å². The number of benzene rings is 1. The fraction of sp³-hybridized carbons (Fsp3) is 0.400. The third kappa shape index (κ3) is 6.32. The summed E-state index contributed by atoms with van der Waals surface area (Å²) in [5.41, 5.74) is 0.102. The van der Waals surface area contributed by atoms with Crippen molar-refractivity contribution in [2.45, 2.75) is 37.9 Å². The van der Waals surface area contributed by atoms with E-state index in [0.717, 1.165) is 10.0 Å². The molecule has 2 atom stereocenters. The molecule has 1 fully saturated rings. The predicted molar refractivity (Wildman–Crippen MR) is 134 cm³/mol. The third-order valence-electron chi connectivity index (χ3n) is 6.60. The number of halogens is 4. The normalized spacial score (nSPS) is 20.1. The van der Waals surface area contributed by atoms with Gasteiger partial charge in [0.15, 0.2) is 0 Å². The zero-order chi connectivity index (χ0) is 27.5. The van der Waals surface area contributed by atoms with E-state index in [9.17, 15) is 32.7 Å². The number of carbonyl (C=O) groups is 3. The van der Waals surface area contributed by atoms with Crippen LogP contribution < -0.4 is 5.32 Å². The molecule has 0 spiro atoms. The molecule has 0 saturated carbocycles. The molecule has 0 bridgehead atoms. The Hall–Kier alpha value is -3.48. The van der Waals surface area contributed by atoms with Gasteiger partial charge in [-0.25, -0.2) is 9.80 Å². The maximum atomic E-state index is 13.5. The number of hydrogen-bond acceptors (Lipinski definition) is 5. The van der Waals surface area contributed by atoms with Crippen LogP contribution >= 0.6 is 15.9 Å². The number of amides is 3. The predicted octanol–water partition coefficient (Wildman–Crippen LogP) is 3.63. The van der Waals surface area contributed by atoms with E-state index in [1.807, 2.05) is 24.3 Å². The summed E-state index contributed by atoms with van der Waals surface area (Å²) in [5.74, 6) is -1.41. The molecule has 2 aliphatic rings. The van der Waals surface area contributed by atoms with Crippen LogP contribution in [0.2, 0.25) is 0 Å². The van der Waals surface area contributed by atoms with Crippen molar-refractivity contribution < 1.29 is 32.7 Å². The fourth-order valence-corrected chi connectivity index (χ4v) is 5.11. The minimum atomic E-state index is -4.65. The number of nitrogens with zero attached hydrogens (tertiary/aromatic N) is 4. The highest BCUT2D eigenvalue weighted by Crippen LogP contribution is 2.39. The maximum Gasteiger partial charge on any atom is 0.408 e. The Labute approximate surface area is 224 Å². The Morgan fingerprint density at radius 3 is 2.55 bits per heavy atom. The van der Waals surface area contributed by atoms with Gasteiger partial charge in [-0.1, -0.05) is 34.1 Å². The first kappa shape index (κ1) is 27.6. The monoisotopic (exact) mass is 595 g/mol. The first-order valence-electron chi connectivity index (χ1n) is 11.9. The van der Waals surface area contributed by atoms with Gasteiger partial charge in [0.1, 0.15) is 18.0 Å². The SMILES string of the molecule is O=C(O)NC(CCc1ccc(Br)cc1)C(=O)N1CCC2=NN(CC(F)(F)F)C(=O)[C@]2(Cc2ccccn2)C1. The van der Waals surface area contributed by atoms with Crippen LogP contribution in [0.15, 0.2) is 58.2 Å². The lowest BCUT2D eigenvalue weighted by Gasteiger charge is -2.40. The molecule has 0 aliphatic carbocycles. The molecule has 13 heteroatoms. The van der Waals surface area contributed by atoms with Gasteiger partial charge in [-0.3, -0.25) is 14.6 Å². The van der Waals surface area contributed by atoms with Gasteiger partial charge < -0.3 is 15.3 Å². The number of carbonyl (C=O) groups excluding carboxylic acids is 2. The van der Waals surface area contributed by atoms with Crippen molar-refractivity contribution in [1.29, 1.82) is 0 Å². The summed E-state index contributed by atoms with van der Waals surface area (Å²) in [6.07, 6.45) is -3.93. The number of hydrazone groups is 1. The Kier molecular flexibility index (Phi) is 8.05. The number of fused-ring (bicyclic) bond motifs is 1. The molecule has 202 valence electrons. The second-order valence-corrected chi connectivity index (χ2v) is 10.2. The zero-order valence-corrected chi connectivity index (χ0v) is 21.7. The van der Waals surface area contributed by atoms with E-state index < -0.39 is 42.1 Å². The average Bonchev–Trinajstić information content (AvgIpc) is 3.11. The standard InChI is InChI=1S/C25H25BrF3N5O4/c26-17-7-4-16(5-8-17)6-9-19(31-23(37)38)21(35)33-12-10-20-24(14-33,13-18-3-1-2-11-30-18)22(36)34(32-20)15-25(27,28)29/h1-5,7-8,11,19,31H,6,9-10,12-15H2,(H,37,38)/t19?,24-/m1/s1. The third-order valence-corrected chi connectivity index (χ3v) is 7.13. The Bertz CT molecular complexity index is 1230. The van der Waals surface area contributed by atoms with Crippen molar-refractivity contribution in [3.63, 3.8) is 0 Å². The van der Waals surface area contributed by atoms with Crippen molar-refractivity contribution in [3.05, 3.63) is 64.4 Å². The molecule has 2 aromatic rings. The topological polar surface area (TPSA) is 115 Å². The van der Waals surface area contributed by atoms with Gasteiger partial charge in [-0.15, -0.1) is 0 Å². The van der Waals surface area contributed by atoms with E-state index in [1.54, 1.807) is 18.2 Å². The van der Waals surface area contributed by atoms with E-state index in [1.165, 1.54) is 11.1 Å². The molecule has 2 aliphatic heterocycles. The first-order chi connectivity index (χ1) is 18.0. The second-order valence-electron chi connectivity index (χ2n) is 9.28. The summed E-state index contributed by atoms with van der Waals surface area (Å²) in [5, 5.41) is 16.1. The van der Waals surface area contributed by atoms with E-state index in [0.29, 0.717) is 17.1 Å². The molecular formula is C25H25BrF3N5O4. The van der Waals surface area contributed by atoms with Gasteiger partial charge in [0.2, 0.25) is 5.91 Å². The van der Waals surface area contributed by atoms with Gasteiger partial charge in [-0.2, -0.15) is 18.3 Å². The number of carboxylic acid groups (broad SMARTS) is 1. The number of likely N-dealkylation sites (tertiary alicyclic amines) is 1. The molecule has 0 radical (unpaired) electrons. The van der Waals surface area contributed by atoms with Crippen LogP contribution in [0, 0.1) is 5.41 Å². The van der Waals surface area contributed by atoms with Crippen molar-refractivity contribution in [1.82, 2.24) is 20.2 Å². The van der Waals surface area contributed by atoms with E-state index in [-0.39, 0.29) is 38.1 Å². The van der Waals surface area contributed by atoms with Crippen LogP contribution in [0.25, 0.3) is 0 Å². The number of nitrogens with one attached hydrogen (secondary N) is 1. The number of hydrogen-bond donors (Lipinski definition) is 2. The summed E-state index contributed by atoms with van der Waals surface area (Å²) < 4.78 is 40.4. The maximum absolute atomic E-state index is 13.5. The van der Waals surface area contributed by atoms with Crippen molar-refractivity contribution >= 4 is 39.5 Å². The van der Waals surface area contributed by atoms with Crippen molar-refractivity contribution in [3.8, 4) is 0 Å². The van der Waals surface area contributed by atoms with E-state index >= 15 is 0 Å². The lowest BCUT2D eigenvalue weighted by Crippen LogP contribution is -2.59. The van der Waals surface area contributed by atoms with Crippen LogP contribution in [0.5, 0.6) is 0 Å². The molecule has 9 nitrogen and oxygen atoms in total. The molecular weight excluding hydrogens is 571 g/mol. The van der Waals surface area contributed by atoms with Crippen LogP contribution in [0.4, 0.5) is 18.0 Å². The summed E-state index contributed by atoms with van der Waals surface area (Å²) >= 11 is 3.35. The zero-order valence-electron chi connectivity index (χ0n) is 20.1. The molecule has 1 saturated heterocycles. The number of alkyl halides is 3. The highest BCUT2D eigenvalue weighted by Gasteiger charge is 2.56. The Balaban J connectivity index is 1.58. The summed E-state index contributed by atoms with van der Waals surface area (Å²) in [7, 11) is 0. The van der Waals surface area contributed by atoms with Crippen molar-refractivity contribution in [2.75, 3.05) is 19.6 Å².